The van der Waals surface area contributed by atoms with Gasteiger partial charge in [-0.15, -0.1) is 11.3 Å². The van der Waals surface area contributed by atoms with Crippen molar-refractivity contribution < 1.29 is 4.79 Å². The van der Waals surface area contributed by atoms with Crippen LogP contribution in [0.2, 0.25) is 0 Å². The number of benzene rings is 1. The first-order valence-electron chi connectivity index (χ1n) is 7.06. The van der Waals surface area contributed by atoms with Crippen molar-refractivity contribution >= 4 is 28.1 Å². The van der Waals surface area contributed by atoms with Gasteiger partial charge in [0.05, 0.1) is 5.69 Å². The molecule has 1 heterocycles. The van der Waals surface area contributed by atoms with Gasteiger partial charge in [0, 0.05) is 11.1 Å². The van der Waals surface area contributed by atoms with Gasteiger partial charge in [0.25, 0.3) is 0 Å². The van der Waals surface area contributed by atoms with Crippen molar-refractivity contribution in [1.29, 1.82) is 0 Å². The number of anilines is 2. The van der Waals surface area contributed by atoms with Crippen LogP contribution >= 0.6 is 11.3 Å². The highest BCUT2D eigenvalue weighted by atomic mass is 32.1. The molecular weight excluding hydrogens is 282 g/mol. The van der Waals surface area contributed by atoms with Crippen LogP contribution in [0.4, 0.5) is 10.8 Å². The van der Waals surface area contributed by atoms with Crippen LogP contribution in [-0.4, -0.2) is 16.9 Å². The van der Waals surface area contributed by atoms with Gasteiger partial charge in [-0.2, -0.15) is 0 Å². The van der Waals surface area contributed by atoms with Gasteiger partial charge in [-0.25, -0.2) is 4.98 Å². The summed E-state index contributed by atoms with van der Waals surface area (Å²) in [6.45, 7) is 8.01. The highest BCUT2D eigenvalue weighted by Crippen LogP contribution is 2.19. The highest BCUT2D eigenvalue weighted by Gasteiger charge is 2.18. The predicted molar refractivity (Wildman–Crippen MR) is 89.1 cm³/mol. The molecule has 0 saturated heterocycles. The van der Waals surface area contributed by atoms with Crippen LogP contribution < -0.4 is 10.6 Å². The van der Waals surface area contributed by atoms with Crippen molar-refractivity contribution in [1.82, 2.24) is 4.98 Å². The highest BCUT2D eigenvalue weighted by molar-refractivity contribution is 7.13. The van der Waals surface area contributed by atoms with E-state index >= 15 is 0 Å². The van der Waals surface area contributed by atoms with Crippen LogP contribution in [0.25, 0.3) is 0 Å². The van der Waals surface area contributed by atoms with Crippen molar-refractivity contribution in [2.75, 3.05) is 10.6 Å². The van der Waals surface area contributed by atoms with Crippen LogP contribution in [0.15, 0.2) is 23.6 Å². The van der Waals surface area contributed by atoms with Crippen LogP contribution in [0.5, 0.6) is 0 Å². The number of nitrogens with one attached hydrogen (secondary N) is 2. The number of aryl methyl sites for hydroxylation is 3. The maximum absolute atomic E-state index is 12.3. The third kappa shape index (κ3) is 4.04. The third-order valence-electron chi connectivity index (χ3n) is 3.29. The molecule has 2 N–H and O–H groups in total. The summed E-state index contributed by atoms with van der Waals surface area (Å²) >= 11 is 1.45. The molecule has 1 aromatic heterocycles. The van der Waals surface area contributed by atoms with E-state index in [0.29, 0.717) is 11.6 Å². The first kappa shape index (κ1) is 15.5. The fourth-order valence-electron chi connectivity index (χ4n) is 2.12. The molecule has 0 saturated carbocycles. The minimum atomic E-state index is -0.268. The molecule has 1 amide bonds. The second kappa shape index (κ2) is 6.72. The van der Waals surface area contributed by atoms with Crippen LogP contribution in [0.3, 0.4) is 0 Å². The Labute approximate surface area is 129 Å². The largest absolute Gasteiger partial charge is 0.373 e. The van der Waals surface area contributed by atoms with Gasteiger partial charge in [-0.05, 0) is 38.8 Å². The lowest BCUT2D eigenvalue weighted by atomic mass is 10.1. The normalized spacial score (nSPS) is 12.0. The number of aromatic nitrogens is 1. The second-order valence-corrected chi connectivity index (χ2v) is 6.06. The molecule has 1 aromatic carbocycles. The molecule has 0 radical (unpaired) electrons. The van der Waals surface area contributed by atoms with Gasteiger partial charge < -0.3 is 10.6 Å². The quantitative estimate of drug-likeness (QED) is 0.881. The number of carbonyl (C=O) groups excluding carboxylic acids is 1. The molecule has 0 aliphatic rings. The Morgan fingerprint density at radius 3 is 2.67 bits per heavy atom. The predicted octanol–water partition coefficient (Wildman–Crippen LogP) is 3.90. The number of hydrogen-bond donors (Lipinski definition) is 2. The molecule has 1 atom stereocenters. The molecule has 0 spiro atoms. The summed E-state index contributed by atoms with van der Waals surface area (Å²) in [5.74, 6) is -0.0492. The molecule has 21 heavy (non-hydrogen) atoms. The number of carbonyl (C=O) groups is 1. The SMILES string of the molecule is CC[C@@H](Nc1ccc(C)cc1C)C(=O)Nc1nc(C)cs1. The summed E-state index contributed by atoms with van der Waals surface area (Å²) in [7, 11) is 0. The van der Waals surface area contributed by atoms with Gasteiger partial charge in [-0.3, -0.25) is 4.79 Å². The maximum Gasteiger partial charge on any atom is 0.248 e. The van der Waals surface area contributed by atoms with Gasteiger partial charge >= 0.3 is 0 Å². The summed E-state index contributed by atoms with van der Waals surface area (Å²) in [6.07, 6.45) is 0.712. The zero-order valence-electron chi connectivity index (χ0n) is 12.9. The lowest BCUT2D eigenvalue weighted by Gasteiger charge is -2.19. The van der Waals surface area contributed by atoms with E-state index in [1.54, 1.807) is 0 Å². The molecule has 4 nitrogen and oxygen atoms in total. The fourth-order valence-corrected chi connectivity index (χ4v) is 2.81. The molecule has 0 unspecified atom stereocenters. The zero-order chi connectivity index (χ0) is 15.4. The number of thiazole rings is 1. The Morgan fingerprint density at radius 1 is 1.33 bits per heavy atom. The van der Waals surface area contributed by atoms with Gasteiger partial charge in [0.1, 0.15) is 6.04 Å². The van der Waals surface area contributed by atoms with Gasteiger partial charge in [-0.1, -0.05) is 24.6 Å². The topological polar surface area (TPSA) is 54.0 Å². The zero-order valence-corrected chi connectivity index (χ0v) is 13.7. The van der Waals surface area contributed by atoms with E-state index in [2.05, 4.69) is 28.6 Å². The summed E-state index contributed by atoms with van der Waals surface area (Å²) in [5, 5.41) is 8.76. The average molecular weight is 303 g/mol. The monoisotopic (exact) mass is 303 g/mol. The summed E-state index contributed by atoms with van der Waals surface area (Å²) in [5.41, 5.74) is 4.28. The van der Waals surface area contributed by atoms with E-state index in [4.69, 9.17) is 0 Å². The minimum Gasteiger partial charge on any atom is -0.373 e. The average Bonchev–Trinajstić information content (AvgIpc) is 2.83. The third-order valence-corrected chi connectivity index (χ3v) is 4.16. The molecule has 2 rings (SSSR count). The Balaban J connectivity index is 2.06. The van der Waals surface area contributed by atoms with Crippen LogP contribution in [0, 0.1) is 20.8 Å². The maximum atomic E-state index is 12.3. The van der Waals surface area contributed by atoms with E-state index in [1.165, 1.54) is 16.9 Å². The van der Waals surface area contributed by atoms with Gasteiger partial charge in [0.2, 0.25) is 5.91 Å². The Bertz CT molecular complexity index is 636. The summed E-state index contributed by atoms with van der Waals surface area (Å²) < 4.78 is 0. The number of hydrogen-bond acceptors (Lipinski definition) is 4. The van der Waals surface area contributed by atoms with E-state index in [0.717, 1.165) is 16.9 Å². The van der Waals surface area contributed by atoms with Crippen molar-refractivity contribution in [3.05, 3.63) is 40.4 Å². The molecule has 0 bridgehead atoms. The van der Waals surface area contributed by atoms with E-state index in [-0.39, 0.29) is 11.9 Å². The van der Waals surface area contributed by atoms with Gasteiger partial charge in [0.15, 0.2) is 5.13 Å². The molecule has 0 fully saturated rings. The van der Waals surface area contributed by atoms with Crippen molar-refractivity contribution in [3.63, 3.8) is 0 Å². The van der Waals surface area contributed by atoms with Crippen molar-refractivity contribution in [2.24, 2.45) is 0 Å². The van der Waals surface area contributed by atoms with E-state index in [9.17, 15) is 4.79 Å². The molecule has 2 aromatic rings. The lowest BCUT2D eigenvalue weighted by molar-refractivity contribution is -0.116. The number of amides is 1. The molecule has 5 heteroatoms. The number of nitrogens with zero attached hydrogens (tertiary/aromatic N) is 1. The van der Waals surface area contributed by atoms with Crippen molar-refractivity contribution in [3.8, 4) is 0 Å². The first-order chi connectivity index (χ1) is 9.99. The Kier molecular flexibility index (Phi) is 4.96. The van der Waals surface area contributed by atoms with E-state index < -0.39 is 0 Å². The summed E-state index contributed by atoms with van der Waals surface area (Å²) in [6, 6.07) is 5.91. The standard InChI is InChI=1S/C16H21N3OS/c1-5-13(15(20)19-16-17-12(4)9-21-16)18-14-7-6-10(2)8-11(14)3/h6-9,13,18H,5H2,1-4H3,(H,17,19,20)/t13-/m1/s1. The molecule has 0 aliphatic carbocycles. The van der Waals surface area contributed by atoms with Crippen LogP contribution in [0.1, 0.15) is 30.2 Å². The van der Waals surface area contributed by atoms with E-state index in [1.807, 2.05) is 38.3 Å². The Morgan fingerprint density at radius 2 is 2.10 bits per heavy atom. The number of rotatable bonds is 5. The smallest absolute Gasteiger partial charge is 0.248 e. The molecule has 0 aliphatic heterocycles. The first-order valence-corrected chi connectivity index (χ1v) is 7.94. The fraction of sp³-hybridized carbons (Fsp3) is 0.375. The molecular formula is C16H21N3OS. The summed E-state index contributed by atoms with van der Waals surface area (Å²) in [4.78, 5) is 16.6. The lowest BCUT2D eigenvalue weighted by Crippen LogP contribution is -2.34. The molecule has 112 valence electrons. The minimum absolute atomic E-state index is 0.0492. The second-order valence-electron chi connectivity index (χ2n) is 5.21. The van der Waals surface area contributed by atoms with Crippen molar-refractivity contribution in [2.45, 2.75) is 40.2 Å². The Hall–Kier alpha value is -1.88. The van der Waals surface area contributed by atoms with Crippen LogP contribution in [-0.2, 0) is 4.79 Å².